The van der Waals surface area contributed by atoms with Gasteiger partial charge >= 0.3 is 6.09 Å². The summed E-state index contributed by atoms with van der Waals surface area (Å²) in [6.45, 7) is 6.58. The second kappa shape index (κ2) is 4.70. The topological polar surface area (TPSA) is 49.8 Å². The second-order valence-corrected chi connectivity index (χ2v) is 5.97. The smallest absolute Gasteiger partial charge is 0.410 e. The van der Waals surface area contributed by atoms with Crippen LogP contribution in [-0.4, -0.2) is 45.7 Å². The molecule has 1 rings (SSSR count). The van der Waals surface area contributed by atoms with Gasteiger partial charge in [-0.25, -0.2) is 4.79 Å². The fourth-order valence-electron chi connectivity index (χ4n) is 1.38. The molecule has 0 unspecified atom stereocenters. The molecule has 1 N–H and O–H groups in total. The van der Waals surface area contributed by atoms with Crippen LogP contribution in [0.3, 0.4) is 0 Å². The first-order valence-corrected chi connectivity index (χ1v) is 6.01. The average Bonchev–Trinajstić information content (AvgIpc) is 2.06. The van der Waals surface area contributed by atoms with Gasteiger partial charge in [-0.15, -0.1) is 0 Å². The van der Waals surface area contributed by atoms with Crippen LogP contribution in [0.5, 0.6) is 0 Å². The molecule has 1 saturated heterocycles. The highest BCUT2D eigenvalue weighted by atomic mass is 79.9. The minimum absolute atomic E-state index is 0.0567. The number of aliphatic hydroxyl groups excluding tert-OH is 1. The summed E-state index contributed by atoms with van der Waals surface area (Å²) in [5.74, 6) is 0. The summed E-state index contributed by atoms with van der Waals surface area (Å²) in [7, 11) is 0. The molecule has 0 aliphatic carbocycles. The van der Waals surface area contributed by atoms with Crippen LogP contribution in [0.4, 0.5) is 4.79 Å². The SMILES string of the molecule is CC(C)(C)OC(=O)N1CC[C@H](O)[C@@H](Br)C1. The Kier molecular flexibility index (Phi) is 4.00. The number of likely N-dealkylation sites (tertiary alicyclic amines) is 1. The van der Waals surface area contributed by atoms with Crippen molar-refractivity contribution < 1.29 is 14.6 Å². The van der Waals surface area contributed by atoms with Crippen molar-refractivity contribution in [3.05, 3.63) is 0 Å². The van der Waals surface area contributed by atoms with Gasteiger partial charge in [-0.1, -0.05) is 15.9 Å². The van der Waals surface area contributed by atoms with Gasteiger partial charge in [0, 0.05) is 13.1 Å². The number of hydrogen-bond donors (Lipinski definition) is 1. The van der Waals surface area contributed by atoms with Gasteiger partial charge in [-0.05, 0) is 27.2 Å². The number of halogens is 1. The van der Waals surface area contributed by atoms with Crippen molar-refractivity contribution in [1.29, 1.82) is 0 Å². The molecule has 5 heteroatoms. The number of piperidine rings is 1. The number of aliphatic hydroxyl groups is 1. The number of rotatable bonds is 0. The summed E-state index contributed by atoms with van der Waals surface area (Å²) >= 11 is 3.34. The molecule has 1 amide bonds. The maximum atomic E-state index is 11.7. The van der Waals surface area contributed by atoms with Crippen molar-refractivity contribution in [2.45, 2.75) is 43.7 Å². The third-order valence-corrected chi connectivity index (χ3v) is 3.06. The third-order valence-electron chi connectivity index (χ3n) is 2.16. The lowest BCUT2D eigenvalue weighted by Crippen LogP contribution is -2.48. The zero-order valence-electron chi connectivity index (χ0n) is 9.36. The van der Waals surface area contributed by atoms with E-state index in [1.54, 1.807) is 4.90 Å². The fraction of sp³-hybridized carbons (Fsp3) is 0.900. The van der Waals surface area contributed by atoms with Crippen molar-refractivity contribution in [3.63, 3.8) is 0 Å². The molecule has 0 aromatic rings. The monoisotopic (exact) mass is 279 g/mol. The number of nitrogens with zero attached hydrogens (tertiary/aromatic N) is 1. The minimum atomic E-state index is -0.463. The number of amides is 1. The molecule has 0 aromatic carbocycles. The van der Waals surface area contributed by atoms with Crippen LogP contribution < -0.4 is 0 Å². The van der Waals surface area contributed by atoms with E-state index in [-0.39, 0.29) is 17.0 Å². The largest absolute Gasteiger partial charge is 0.444 e. The predicted molar refractivity (Wildman–Crippen MR) is 61.1 cm³/mol. The highest BCUT2D eigenvalue weighted by Crippen LogP contribution is 2.19. The maximum absolute atomic E-state index is 11.7. The molecule has 0 saturated carbocycles. The Morgan fingerprint density at radius 3 is 2.60 bits per heavy atom. The molecule has 1 fully saturated rings. The minimum Gasteiger partial charge on any atom is -0.444 e. The summed E-state index contributed by atoms with van der Waals surface area (Å²) in [6, 6.07) is 0. The Bertz CT molecular complexity index is 239. The first-order valence-electron chi connectivity index (χ1n) is 5.09. The Balaban J connectivity index is 2.48. The number of hydrogen-bond acceptors (Lipinski definition) is 3. The van der Waals surface area contributed by atoms with Crippen molar-refractivity contribution in [1.82, 2.24) is 4.90 Å². The lowest BCUT2D eigenvalue weighted by molar-refractivity contribution is 0.0120. The zero-order chi connectivity index (χ0) is 11.6. The van der Waals surface area contributed by atoms with Crippen molar-refractivity contribution in [2.24, 2.45) is 0 Å². The average molecular weight is 280 g/mol. The first-order chi connectivity index (χ1) is 6.79. The van der Waals surface area contributed by atoms with Gasteiger partial charge in [0.2, 0.25) is 0 Å². The quantitative estimate of drug-likeness (QED) is 0.688. The van der Waals surface area contributed by atoms with E-state index < -0.39 is 5.60 Å². The molecule has 0 spiro atoms. The predicted octanol–water partition coefficient (Wildman–Crippen LogP) is 1.75. The zero-order valence-corrected chi connectivity index (χ0v) is 11.0. The first kappa shape index (κ1) is 12.8. The molecule has 1 aliphatic rings. The van der Waals surface area contributed by atoms with Crippen LogP contribution >= 0.6 is 15.9 Å². The second-order valence-electron chi connectivity index (χ2n) is 4.80. The molecule has 1 aliphatic heterocycles. The van der Waals surface area contributed by atoms with E-state index in [0.717, 1.165) is 0 Å². The van der Waals surface area contributed by atoms with Crippen LogP contribution in [0.25, 0.3) is 0 Å². The van der Waals surface area contributed by atoms with Gasteiger partial charge in [-0.2, -0.15) is 0 Å². The molecule has 2 atom stereocenters. The van der Waals surface area contributed by atoms with E-state index in [4.69, 9.17) is 4.74 Å². The van der Waals surface area contributed by atoms with E-state index in [2.05, 4.69) is 15.9 Å². The molecule has 4 nitrogen and oxygen atoms in total. The normalized spacial score (nSPS) is 27.7. The maximum Gasteiger partial charge on any atom is 0.410 e. The van der Waals surface area contributed by atoms with E-state index in [9.17, 15) is 9.90 Å². The van der Waals surface area contributed by atoms with E-state index in [1.165, 1.54) is 0 Å². The Morgan fingerprint density at radius 2 is 2.13 bits per heavy atom. The summed E-state index contributed by atoms with van der Waals surface area (Å²) < 4.78 is 5.25. The number of carbonyl (C=O) groups is 1. The molecular formula is C10H18BrNO3. The van der Waals surface area contributed by atoms with Crippen LogP contribution in [0.2, 0.25) is 0 Å². The van der Waals surface area contributed by atoms with Crippen LogP contribution in [-0.2, 0) is 4.74 Å². The van der Waals surface area contributed by atoms with Crippen LogP contribution in [0.1, 0.15) is 27.2 Å². The molecule has 88 valence electrons. The lowest BCUT2D eigenvalue weighted by Gasteiger charge is -2.34. The summed E-state index contributed by atoms with van der Waals surface area (Å²) in [5.41, 5.74) is -0.463. The summed E-state index contributed by atoms with van der Waals surface area (Å²) in [4.78, 5) is 13.2. The van der Waals surface area contributed by atoms with Crippen molar-refractivity contribution >= 4 is 22.0 Å². The van der Waals surface area contributed by atoms with Crippen LogP contribution in [0.15, 0.2) is 0 Å². The van der Waals surface area contributed by atoms with Crippen molar-refractivity contribution in [3.8, 4) is 0 Å². The molecule has 15 heavy (non-hydrogen) atoms. The number of alkyl halides is 1. The van der Waals surface area contributed by atoms with Crippen LogP contribution in [0, 0.1) is 0 Å². The summed E-state index contributed by atoms with van der Waals surface area (Å²) in [5, 5.41) is 9.48. The van der Waals surface area contributed by atoms with E-state index in [1.807, 2.05) is 20.8 Å². The molecule has 1 heterocycles. The van der Waals surface area contributed by atoms with Gasteiger partial charge in [0.15, 0.2) is 0 Å². The van der Waals surface area contributed by atoms with Gasteiger partial charge in [0.05, 0.1) is 10.9 Å². The van der Waals surface area contributed by atoms with E-state index >= 15 is 0 Å². The highest BCUT2D eigenvalue weighted by molar-refractivity contribution is 9.09. The fourth-order valence-corrected chi connectivity index (χ4v) is 2.00. The van der Waals surface area contributed by atoms with Gasteiger partial charge in [0.1, 0.15) is 5.60 Å². The molecule has 0 aromatic heterocycles. The van der Waals surface area contributed by atoms with Gasteiger partial charge < -0.3 is 14.7 Å². The lowest BCUT2D eigenvalue weighted by atomic mass is 10.1. The van der Waals surface area contributed by atoms with Gasteiger partial charge in [0.25, 0.3) is 0 Å². The third kappa shape index (κ3) is 3.99. The summed E-state index contributed by atoms with van der Waals surface area (Å²) in [6.07, 6.45) is -0.0858. The van der Waals surface area contributed by atoms with Crippen molar-refractivity contribution in [2.75, 3.05) is 13.1 Å². The Labute approximate surface area is 98.7 Å². The van der Waals surface area contributed by atoms with Gasteiger partial charge in [-0.3, -0.25) is 0 Å². The highest BCUT2D eigenvalue weighted by Gasteiger charge is 2.30. The molecule has 0 radical (unpaired) electrons. The molecule has 0 bridgehead atoms. The number of carbonyl (C=O) groups excluding carboxylic acids is 1. The Morgan fingerprint density at radius 1 is 1.53 bits per heavy atom. The molecular weight excluding hydrogens is 262 g/mol. The Hall–Kier alpha value is -0.290. The number of ether oxygens (including phenoxy) is 1. The standard InChI is InChI=1S/C10H18BrNO3/c1-10(2,3)15-9(14)12-5-4-8(13)7(11)6-12/h7-8,13H,4-6H2,1-3H3/t7-,8-/m0/s1. The van der Waals surface area contributed by atoms with E-state index in [0.29, 0.717) is 19.5 Å².